The van der Waals surface area contributed by atoms with Crippen molar-refractivity contribution in [2.24, 2.45) is 14.1 Å². The van der Waals surface area contributed by atoms with E-state index in [9.17, 15) is 9.59 Å². The zero-order valence-corrected chi connectivity index (χ0v) is 7.76. The molecule has 0 fully saturated rings. The van der Waals surface area contributed by atoms with Gasteiger partial charge in [0.2, 0.25) is 0 Å². The van der Waals surface area contributed by atoms with Crippen LogP contribution in [0.15, 0.2) is 22.0 Å². The van der Waals surface area contributed by atoms with Crippen LogP contribution >= 0.6 is 0 Å². The van der Waals surface area contributed by atoms with Crippen LogP contribution in [-0.4, -0.2) is 19.1 Å². The number of nitrogens with zero attached hydrogens (tertiary/aromatic N) is 4. The summed E-state index contributed by atoms with van der Waals surface area (Å²) in [5, 5.41) is 0. The van der Waals surface area contributed by atoms with E-state index in [0.29, 0.717) is 5.82 Å². The minimum Gasteiger partial charge on any atom is -0.332 e. The Morgan fingerprint density at radius 3 is 2.71 bits per heavy atom. The van der Waals surface area contributed by atoms with E-state index in [0.717, 1.165) is 4.57 Å². The van der Waals surface area contributed by atoms with Crippen LogP contribution in [0, 0.1) is 0 Å². The normalized spacial score (nSPS) is 10.7. The van der Waals surface area contributed by atoms with Crippen molar-refractivity contribution in [1.82, 2.24) is 19.1 Å². The van der Waals surface area contributed by atoms with Crippen molar-refractivity contribution in [3.8, 4) is 11.5 Å². The zero-order valence-electron chi connectivity index (χ0n) is 7.76. The van der Waals surface area contributed by atoms with Crippen LogP contribution in [0.3, 0.4) is 0 Å². The summed E-state index contributed by atoms with van der Waals surface area (Å²) in [7, 11) is 3.08. The Morgan fingerprint density at radius 1 is 1.29 bits per heavy atom. The van der Waals surface area contributed by atoms with Crippen LogP contribution in [0.5, 0.6) is 0 Å². The van der Waals surface area contributed by atoms with E-state index >= 15 is 0 Å². The molecule has 0 amide bonds. The third kappa shape index (κ3) is 1.04. The summed E-state index contributed by atoms with van der Waals surface area (Å²) in [4.78, 5) is 30.4. The Hall–Kier alpha value is -1.98. The summed E-state index contributed by atoms with van der Waals surface area (Å²) in [5.74, 6) is 0.306. The van der Waals surface area contributed by atoms with Gasteiger partial charge in [-0.05, 0) is 0 Å². The second-order valence-electron chi connectivity index (χ2n) is 2.97. The summed E-state index contributed by atoms with van der Waals surface area (Å²) in [6.07, 6.45) is 3.13. The van der Waals surface area contributed by atoms with Gasteiger partial charge >= 0.3 is 5.69 Å². The number of aryl methyl sites for hydroxylation is 1. The van der Waals surface area contributed by atoms with Crippen molar-refractivity contribution in [2.75, 3.05) is 0 Å². The monoisotopic (exact) mass is 192 g/mol. The Kier molecular flexibility index (Phi) is 1.70. The van der Waals surface area contributed by atoms with Gasteiger partial charge in [-0.2, -0.15) is 4.98 Å². The second kappa shape index (κ2) is 2.76. The average Bonchev–Trinajstić information content (AvgIpc) is 2.17. The van der Waals surface area contributed by atoms with Crippen LogP contribution in [-0.2, 0) is 14.1 Å². The molecule has 0 aliphatic carbocycles. The quantitative estimate of drug-likeness (QED) is 0.535. The molecule has 0 bridgehead atoms. The lowest BCUT2D eigenvalue weighted by Gasteiger charge is -2.07. The first-order valence-electron chi connectivity index (χ1n) is 3.99. The highest BCUT2D eigenvalue weighted by molar-refractivity contribution is 5.47. The molecule has 6 nitrogen and oxygen atoms in total. The third-order valence-corrected chi connectivity index (χ3v) is 2.04. The molecule has 2 aliphatic heterocycles. The molecular formula is C8H8N4O2. The van der Waals surface area contributed by atoms with Gasteiger partial charge in [-0.1, -0.05) is 0 Å². The first-order valence-corrected chi connectivity index (χ1v) is 3.99. The van der Waals surface area contributed by atoms with Gasteiger partial charge in [0.25, 0.3) is 5.56 Å². The molecule has 0 aromatic rings. The second-order valence-corrected chi connectivity index (χ2v) is 2.97. The van der Waals surface area contributed by atoms with Gasteiger partial charge in [-0.25, -0.2) is 9.78 Å². The van der Waals surface area contributed by atoms with Gasteiger partial charge in [0.1, 0.15) is 0 Å². The fraction of sp³-hybridized carbons (Fsp3) is 0.250. The number of hydrogen-bond acceptors (Lipinski definition) is 4. The first kappa shape index (κ1) is 8.61. The van der Waals surface area contributed by atoms with Gasteiger partial charge in [0.15, 0.2) is 11.5 Å². The predicted octanol–water partition coefficient (Wildman–Crippen LogP) is -1.02. The topological polar surface area (TPSA) is 69.8 Å². The molecule has 0 saturated carbocycles. The largest absolute Gasteiger partial charge is 0.352 e. The highest BCUT2D eigenvalue weighted by Crippen LogP contribution is 2.06. The van der Waals surface area contributed by atoms with E-state index in [1.807, 2.05) is 0 Å². The Balaban J connectivity index is 3.05. The molecule has 14 heavy (non-hydrogen) atoms. The third-order valence-electron chi connectivity index (χ3n) is 2.04. The van der Waals surface area contributed by atoms with Gasteiger partial charge in [0, 0.05) is 26.5 Å². The fourth-order valence-electron chi connectivity index (χ4n) is 1.20. The minimum absolute atomic E-state index is 0.206. The molecule has 0 atom stereocenters. The fourth-order valence-corrected chi connectivity index (χ4v) is 1.20. The van der Waals surface area contributed by atoms with Crippen molar-refractivity contribution in [3.05, 3.63) is 33.2 Å². The lowest BCUT2D eigenvalue weighted by molar-refractivity contribution is 0.738. The minimum atomic E-state index is -0.564. The van der Waals surface area contributed by atoms with Crippen LogP contribution < -0.4 is 11.2 Å². The summed E-state index contributed by atoms with van der Waals surface area (Å²) < 4.78 is 2.53. The van der Waals surface area contributed by atoms with E-state index in [1.54, 1.807) is 17.8 Å². The standard InChI is InChI=1S/C8H8N4O2/c1-11-4-3-9-5-6(11)10-8(14)12(2)7(5)13/h3-4H,1-2H3. The summed E-state index contributed by atoms with van der Waals surface area (Å²) in [5.41, 5.74) is -0.778. The molecular weight excluding hydrogens is 184 g/mol. The van der Waals surface area contributed by atoms with Crippen LogP contribution in [0.4, 0.5) is 0 Å². The van der Waals surface area contributed by atoms with Gasteiger partial charge in [0.05, 0.1) is 0 Å². The van der Waals surface area contributed by atoms with Crippen molar-refractivity contribution in [2.45, 2.75) is 0 Å². The Morgan fingerprint density at radius 2 is 2.00 bits per heavy atom. The maximum atomic E-state index is 11.5. The molecule has 2 heterocycles. The number of rotatable bonds is 0. The lowest BCUT2D eigenvalue weighted by atomic mass is 10.4. The first-order chi connectivity index (χ1) is 6.61. The smallest absolute Gasteiger partial charge is 0.332 e. The molecule has 6 heteroatoms. The van der Waals surface area contributed by atoms with Crippen molar-refractivity contribution < 1.29 is 0 Å². The predicted molar refractivity (Wildman–Crippen MR) is 49.1 cm³/mol. The maximum Gasteiger partial charge on any atom is 0.352 e. The Bertz CT molecular complexity index is 569. The highest BCUT2D eigenvalue weighted by Gasteiger charge is 2.14. The molecule has 72 valence electrons. The number of hydrogen-bond donors (Lipinski definition) is 0. The van der Waals surface area contributed by atoms with Crippen LogP contribution in [0.1, 0.15) is 0 Å². The molecule has 0 spiro atoms. The van der Waals surface area contributed by atoms with E-state index < -0.39 is 11.2 Å². The van der Waals surface area contributed by atoms with Gasteiger partial charge in [-0.3, -0.25) is 9.36 Å². The van der Waals surface area contributed by atoms with Crippen LogP contribution in [0.25, 0.3) is 11.5 Å². The molecule has 2 rings (SSSR count). The highest BCUT2D eigenvalue weighted by atomic mass is 16.2. The maximum absolute atomic E-state index is 11.5. The van der Waals surface area contributed by atoms with E-state index in [4.69, 9.17) is 0 Å². The summed E-state index contributed by atoms with van der Waals surface area (Å²) in [6.45, 7) is 0. The van der Waals surface area contributed by atoms with Crippen molar-refractivity contribution in [3.63, 3.8) is 0 Å². The molecule has 2 aliphatic rings. The summed E-state index contributed by atoms with van der Waals surface area (Å²) in [6, 6.07) is 0. The van der Waals surface area contributed by atoms with Crippen molar-refractivity contribution in [1.29, 1.82) is 0 Å². The molecule has 0 saturated heterocycles. The Labute approximate surface area is 78.8 Å². The number of fused-ring (bicyclic) bond motifs is 1. The summed E-state index contributed by atoms with van der Waals surface area (Å²) >= 11 is 0. The molecule has 0 radical (unpaired) electrons. The molecule has 0 aromatic heterocycles. The molecule has 0 aromatic carbocycles. The molecule has 0 unspecified atom stereocenters. The average molecular weight is 192 g/mol. The van der Waals surface area contributed by atoms with Crippen molar-refractivity contribution >= 4 is 0 Å². The van der Waals surface area contributed by atoms with Gasteiger partial charge in [-0.15, -0.1) is 0 Å². The zero-order chi connectivity index (χ0) is 10.3. The molecule has 0 N–H and O–H groups in total. The van der Waals surface area contributed by atoms with E-state index in [1.165, 1.54) is 13.2 Å². The van der Waals surface area contributed by atoms with Crippen LogP contribution in [0.2, 0.25) is 0 Å². The van der Waals surface area contributed by atoms with E-state index in [-0.39, 0.29) is 5.69 Å². The lowest BCUT2D eigenvalue weighted by Crippen LogP contribution is -2.36. The SMILES string of the molecule is Cn1ccnc2c(=O)n(C)c(=O)nc1-2. The van der Waals surface area contributed by atoms with Gasteiger partial charge < -0.3 is 4.57 Å². The van der Waals surface area contributed by atoms with E-state index in [2.05, 4.69) is 9.97 Å². The number of aromatic nitrogens is 4.